The topological polar surface area (TPSA) is 129 Å². The van der Waals surface area contributed by atoms with Gasteiger partial charge in [-0.2, -0.15) is 13.2 Å². The third kappa shape index (κ3) is 6.61. The fraction of sp³-hybridized carbons (Fsp3) is 0.389. The molecule has 0 saturated carbocycles. The highest BCUT2D eigenvalue weighted by Gasteiger charge is 2.32. The highest BCUT2D eigenvalue weighted by atomic mass is 19.4. The Morgan fingerprint density at radius 3 is 2.70 bits per heavy atom. The summed E-state index contributed by atoms with van der Waals surface area (Å²) in [5.74, 6) is -0.930. The lowest BCUT2D eigenvalue weighted by molar-refractivity contribution is -0.141. The number of amides is 2. The van der Waals surface area contributed by atoms with Crippen LogP contribution in [0.1, 0.15) is 28.2 Å². The summed E-state index contributed by atoms with van der Waals surface area (Å²) in [5, 5.41) is 13.7. The van der Waals surface area contributed by atoms with E-state index in [2.05, 4.69) is 36.9 Å². The molecule has 0 radical (unpaired) electrons. The van der Waals surface area contributed by atoms with Crippen molar-refractivity contribution < 1.29 is 27.2 Å². The predicted octanol–water partition coefficient (Wildman–Crippen LogP) is 0.262. The van der Waals surface area contributed by atoms with E-state index >= 15 is 0 Å². The Hall–Kier alpha value is -3.75. The van der Waals surface area contributed by atoms with E-state index in [1.165, 1.54) is 35.2 Å². The second kappa shape index (κ2) is 10.2. The third-order valence-electron chi connectivity index (χ3n) is 4.50. The maximum Gasteiger partial charge on any atom is 0.433 e. The van der Waals surface area contributed by atoms with Gasteiger partial charge >= 0.3 is 6.18 Å². The van der Waals surface area contributed by atoms with Crippen LogP contribution in [0.3, 0.4) is 0 Å². The SMILES string of the molecule is CNC(=O)c1cn(CCC(F)CN2C=C(C(=O)NCc3ccc(C(F)(F)F)nc3)NN2)nn1. The molecule has 3 rings (SSSR count). The number of rotatable bonds is 9. The Morgan fingerprint density at radius 2 is 2.03 bits per heavy atom. The van der Waals surface area contributed by atoms with Crippen LogP contribution in [0.25, 0.3) is 0 Å². The van der Waals surface area contributed by atoms with Gasteiger partial charge in [-0.1, -0.05) is 11.3 Å². The van der Waals surface area contributed by atoms with Gasteiger partial charge < -0.3 is 10.6 Å². The monoisotopic (exact) mass is 471 g/mol. The molecule has 0 fully saturated rings. The molecule has 1 atom stereocenters. The Bertz CT molecular complexity index is 1010. The van der Waals surface area contributed by atoms with Gasteiger partial charge in [-0.15, -0.1) is 10.6 Å². The number of carbonyl (C=O) groups is 2. The van der Waals surface area contributed by atoms with Gasteiger partial charge in [0.25, 0.3) is 11.8 Å². The number of aromatic nitrogens is 4. The molecule has 178 valence electrons. The molecule has 11 nitrogen and oxygen atoms in total. The molecule has 33 heavy (non-hydrogen) atoms. The summed E-state index contributed by atoms with van der Waals surface area (Å²) in [6, 6.07) is 2.05. The molecule has 0 spiro atoms. The van der Waals surface area contributed by atoms with Crippen molar-refractivity contribution in [2.75, 3.05) is 13.6 Å². The quantitative estimate of drug-likeness (QED) is 0.384. The van der Waals surface area contributed by atoms with Crippen molar-refractivity contribution in [1.82, 2.24) is 46.6 Å². The number of hydrogen-bond donors (Lipinski definition) is 4. The number of nitrogens with one attached hydrogen (secondary N) is 4. The van der Waals surface area contributed by atoms with E-state index in [1.807, 2.05) is 0 Å². The molecule has 2 amide bonds. The van der Waals surface area contributed by atoms with Crippen LogP contribution in [-0.4, -0.2) is 56.6 Å². The molecule has 2 aromatic heterocycles. The predicted molar refractivity (Wildman–Crippen MR) is 105 cm³/mol. The molecule has 15 heteroatoms. The number of alkyl halides is 4. The molecule has 3 heterocycles. The fourth-order valence-electron chi connectivity index (χ4n) is 2.76. The number of carbonyl (C=O) groups excluding carboxylic acids is 2. The van der Waals surface area contributed by atoms with Crippen molar-refractivity contribution in [3.63, 3.8) is 0 Å². The first-order chi connectivity index (χ1) is 15.7. The minimum atomic E-state index is -4.53. The second-order valence-electron chi connectivity index (χ2n) is 7.00. The normalized spacial score (nSPS) is 14.5. The van der Waals surface area contributed by atoms with Crippen LogP contribution in [0, 0.1) is 0 Å². The average Bonchev–Trinajstić information content (AvgIpc) is 3.45. The molecule has 0 saturated heterocycles. The Labute approximate surface area is 185 Å². The lowest BCUT2D eigenvalue weighted by Crippen LogP contribution is -2.41. The van der Waals surface area contributed by atoms with E-state index in [4.69, 9.17) is 0 Å². The van der Waals surface area contributed by atoms with Gasteiger partial charge in [0, 0.05) is 39.0 Å². The average molecular weight is 471 g/mol. The van der Waals surface area contributed by atoms with E-state index in [0.717, 1.165) is 12.3 Å². The van der Waals surface area contributed by atoms with Crippen LogP contribution >= 0.6 is 0 Å². The summed E-state index contributed by atoms with van der Waals surface area (Å²) in [4.78, 5) is 27.0. The van der Waals surface area contributed by atoms with Gasteiger partial charge in [-0.25, -0.2) is 4.39 Å². The van der Waals surface area contributed by atoms with Gasteiger partial charge in [0.1, 0.15) is 17.6 Å². The molecular formula is C18H21F4N9O2. The lowest BCUT2D eigenvalue weighted by atomic mass is 10.2. The van der Waals surface area contributed by atoms with Crippen LogP contribution in [-0.2, 0) is 24.1 Å². The van der Waals surface area contributed by atoms with Gasteiger partial charge in [0.05, 0.1) is 12.7 Å². The summed E-state index contributed by atoms with van der Waals surface area (Å²) >= 11 is 0. The number of pyridine rings is 1. The van der Waals surface area contributed by atoms with E-state index in [9.17, 15) is 27.2 Å². The number of hydrazine groups is 2. The molecule has 1 aliphatic rings. The first kappa shape index (κ1) is 23.9. The molecular weight excluding hydrogens is 450 g/mol. The summed E-state index contributed by atoms with van der Waals surface area (Å²) < 4.78 is 53.3. The molecule has 1 aliphatic heterocycles. The summed E-state index contributed by atoms with van der Waals surface area (Å²) in [6.45, 7) is 0.0823. The zero-order valence-electron chi connectivity index (χ0n) is 17.4. The maximum atomic E-state index is 14.3. The lowest BCUT2D eigenvalue weighted by Gasteiger charge is -2.17. The molecule has 2 aromatic rings. The van der Waals surface area contributed by atoms with Crippen LogP contribution in [0.5, 0.6) is 0 Å². The Morgan fingerprint density at radius 1 is 1.24 bits per heavy atom. The van der Waals surface area contributed by atoms with Crippen LogP contribution < -0.4 is 21.6 Å². The van der Waals surface area contributed by atoms with Gasteiger partial charge in [0.2, 0.25) is 0 Å². The van der Waals surface area contributed by atoms with Crippen LogP contribution in [0.2, 0.25) is 0 Å². The van der Waals surface area contributed by atoms with E-state index in [0.29, 0.717) is 5.56 Å². The van der Waals surface area contributed by atoms with Gasteiger partial charge in [-0.05, 0) is 11.6 Å². The number of aryl methyl sites for hydroxylation is 1. The first-order valence-corrected chi connectivity index (χ1v) is 9.72. The van der Waals surface area contributed by atoms with E-state index in [-0.39, 0.29) is 37.4 Å². The number of nitrogens with zero attached hydrogens (tertiary/aromatic N) is 5. The molecule has 0 aromatic carbocycles. The van der Waals surface area contributed by atoms with Crippen molar-refractivity contribution >= 4 is 11.8 Å². The summed E-state index contributed by atoms with van der Waals surface area (Å²) in [6.07, 6.45) is -1.92. The highest BCUT2D eigenvalue weighted by molar-refractivity contribution is 5.92. The van der Waals surface area contributed by atoms with Crippen LogP contribution in [0.15, 0.2) is 36.4 Å². The minimum absolute atomic E-state index is 0.0370. The maximum absolute atomic E-state index is 14.3. The second-order valence-corrected chi connectivity index (χ2v) is 7.00. The fourth-order valence-corrected chi connectivity index (χ4v) is 2.76. The van der Waals surface area contributed by atoms with E-state index < -0.39 is 29.9 Å². The van der Waals surface area contributed by atoms with Crippen molar-refractivity contribution in [3.8, 4) is 0 Å². The molecule has 4 N–H and O–H groups in total. The van der Waals surface area contributed by atoms with Gasteiger partial charge in [0.15, 0.2) is 5.69 Å². The van der Waals surface area contributed by atoms with E-state index in [1.54, 1.807) is 0 Å². The molecule has 0 aliphatic carbocycles. The third-order valence-corrected chi connectivity index (χ3v) is 4.50. The van der Waals surface area contributed by atoms with Gasteiger partial charge in [-0.3, -0.25) is 29.7 Å². The Balaban J connectivity index is 1.43. The number of hydrogen-bond acceptors (Lipinski definition) is 8. The van der Waals surface area contributed by atoms with Crippen molar-refractivity contribution in [2.45, 2.75) is 31.9 Å². The smallest absolute Gasteiger partial charge is 0.354 e. The zero-order valence-corrected chi connectivity index (χ0v) is 17.4. The Kier molecular flexibility index (Phi) is 7.42. The number of halogens is 4. The van der Waals surface area contributed by atoms with Crippen molar-refractivity contribution in [1.29, 1.82) is 0 Å². The van der Waals surface area contributed by atoms with Crippen LogP contribution in [0.4, 0.5) is 17.6 Å². The minimum Gasteiger partial charge on any atom is -0.354 e. The molecule has 1 unspecified atom stereocenters. The standard InChI is InChI=1S/C18H21F4N9O2/c1-23-16(32)13-9-30(28-26-13)5-4-12(19)8-31-10-14(27-29-31)17(33)25-7-11-2-3-15(24-6-11)18(20,21)22/h2-3,6,9-10,12,27,29H,4-5,7-8H2,1H3,(H,23,32)(H,25,33). The molecule has 0 bridgehead atoms. The highest BCUT2D eigenvalue weighted by Crippen LogP contribution is 2.27. The summed E-state index contributed by atoms with van der Waals surface area (Å²) in [7, 11) is 1.46. The zero-order chi connectivity index (χ0) is 24.0. The van der Waals surface area contributed by atoms with Crippen molar-refractivity contribution in [2.24, 2.45) is 0 Å². The summed E-state index contributed by atoms with van der Waals surface area (Å²) in [5.41, 5.74) is 4.83. The largest absolute Gasteiger partial charge is 0.433 e. The van der Waals surface area contributed by atoms with Crippen molar-refractivity contribution in [3.05, 3.63) is 53.4 Å². The first-order valence-electron chi connectivity index (χ1n) is 9.72.